The van der Waals surface area contributed by atoms with Gasteiger partial charge in [-0.25, -0.2) is 4.68 Å². The molecule has 1 aromatic heterocycles. The fourth-order valence-corrected chi connectivity index (χ4v) is 3.58. The van der Waals surface area contributed by atoms with Crippen molar-refractivity contribution in [3.8, 4) is 22.6 Å². The van der Waals surface area contributed by atoms with Crippen LogP contribution in [0.15, 0.2) is 83.7 Å². The van der Waals surface area contributed by atoms with E-state index in [9.17, 15) is 9.59 Å². The van der Waals surface area contributed by atoms with Crippen LogP contribution in [0.4, 0.5) is 5.82 Å². The Morgan fingerprint density at radius 3 is 2.28 bits per heavy atom. The lowest BCUT2D eigenvalue weighted by Crippen LogP contribution is -2.25. The summed E-state index contributed by atoms with van der Waals surface area (Å²) in [5.41, 5.74) is 1.96. The molecule has 1 heterocycles. The lowest BCUT2D eigenvalue weighted by Gasteiger charge is -2.18. The quantitative estimate of drug-likeness (QED) is 0.462. The first-order valence-electron chi connectivity index (χ1n) is 9.89. The van der Waals surface area contributed by atoms with Gasteiger partial charge in [0, 0.05) is 0 Å². The van der Waals surface area contributed by atoms with Crippen molar-refractivity contribution >= 4 is 23.3 Å². The number of methoxy groups -OCH3 is 1. The zero-order valence-electron chi connectivity index (χ0n) is 17.5. The van der Waals surface area contributed by atoms with Gasteiger partial charge < -0.3 is 10.1 Å². The predicted molar refractivity (Wildman–Crippen MR) is 126 cm³/mol. The molecular weight excluding hydrogens is 426 g/mol. The van der Waals surface area contributed by atoms with E-state index in [0.717, 1.165) is 0 Å². The molecule has 7 heteroatoms. The van der Waals surface area contributed by atoms with Crippen LogP contribution < -0.4 is 15.5 Å². The van der Waals surface area contributed by atoms with Gasteiger partial charge in [0.25, 0.3) is 5.91 Å². The number of nitrogens with one attached hydrogen (secondary N) is 1. The summed E-state index contributed by atoms with van der Waals surface area (Å²) in [5, 5.41) is 7.65. The van der Waals surface area contributed by atoms with Crippen LogP contribution in [0.1, 0.15) is 16.1 Å². The zero-order valence-corrected chi connectivity index (χ0v) is 18.3. The van der Waals surface area contributed by atoms with Crippen molar-refractivity contribution in [1.29, 1.82) is 0 Å². The maximum atomic E-state index is 13.2. The Hall–Kier alpha value is -3.90. The van der Waals surface area contributed by atoms with Crippen molar-refractivity contribution in [3.63, 3.8) is 0 Å². The van der Waals surface area contributed by atoms with E-state index in [1.807, 2.05) is 30.3 Å². The van der Waals surface area contributed by atoms with E-state index in [2.05, 4.69) is 10.4 Å². The van der Waals surface area contributed by atoms with Crippen LogP contribution in [0.3, 0.4) is 0 Å². The highest BCUT2D eigenvalue weighted by Gasteiger charge is 2.21. The van der Waals surface area contributed by atoms with Crippen LogP contribution in [-0.4, -0.2) is 22.8 Å². The summed E-state index contributed by atoms with van der Waals surface area (Å²) in [6, 6.07) is 23.1. The van der Waals surface area contributed by atoms with E-state index in [-0.39, 0.29) is 11.2 Å². The predicted octanol–water partition coefficient (Wildman–Crippen LogP) is 5.12. The molecule has 0 bridgehead atoms. The average molecular weight is 446 g/mol. The summed E-state index contributed by atoms with van der Waals surface area (Å²) in [7, 11) is 1.57. The van der Waals surface area contributed by atoms with Gasteiger partial charge in [-0.3, -0.25) is 9.59 Å². The van der Waals surface area contributed by atoms with Crippen molar-refractivity contribution in [3.05, 3.63) is 105 Å². The minimum absolute atomic E-state index is 0.252. The number of benzene rings is 3. The first-order chi connectivity index (χ1) is 15.5. The smallest absolute Gasteiger partial charge is 0.258 e. The van der Waals surface area contributed by atoms with Crippen molar-refractivity contribution in [2.24, 2.45) is 0 Å². The molecule has 4 rings (SSSR count). The maximum absolute atomic E-state index is 13.2. The molecule has 0 aliphatic heterocycles. The third-order valence-electron chi connectivity index (χ3n) is 4.98. The summed E-state index contributed by atoms with van der Waals surface area (Å²) in [4.78, 5) is 26.4. The van der Waals surface area contributed by atoms with E-state index < -0.39 is 5.91 Å². The van der Waals surface area contributed by atoms with E-state index in [1.165, 1.54) is 0 Å². The van der Waals surface area contributed by atoms with Gasteiger partial charge in [-0.15, -0.1) is 0 Å². The second-order valence-corrected chi connectivity index (χ2v) is 7.46. The fourth-order valence-electron chi connectivity index (χ4n) is 3.36. The number of rotatable bonds is 5. The summed E-state index contributed by atoms with van der Waals surface area (Å²) in [6.45, 7) is 1.65. The van der Waals surface area contributed by atoms with Crippen LogP contribution in [0, 0.1) is 6.92 Å². The number of hydrogen-bond donors (Lipinski definition) is 1. The number of hydrogen-bond acceptors (Lipinski definition) is 4. The second-order valence-electron chi connectivity index (χ2n) is 7.05. The van der Waals surface area contributed by atoms with Crippen molar-refractivity contribution in [2.45, 2.75) is 6.92 Å². The van der Waals surface area contributed by atoms with Gasteiger partial charge in [0.1, 0.15) is 17.3 Å². The zero-order chi connectivity index (χ0) is 22.7. The number of anilines is 1. The monoisotopic (exact) mass is 445 g/mol. The van der Waals surface area contributed by atoms with Crippen LogP contribution in [0.25, 0.3) is 16.8 Å². The normalized spacial score (nSPS) is 10.6. The summed E-state index contributed by atoms with van der Waals surface area (Å²) in [6.07, 6.45) is 0. The highest BCUT2D eigenvalue weighted by molar-refractivity contribution is 6.34. The van der Waals surface area contributed by atoms with Gasteiger partial charge in [0.15, 0.2) is 0 Å². The number of aromatic nitrogens is 2. The molecule has 1 amide bonds. The average Bonchev–Trinajstić information content (AvgIpc) is 2.82. The summed E-state index contributed by atoms with van der Waals surface area (Å²) < 4.78 is 6.80. The van der Waals surface area contributed by atoms with E-state index in [4.69, 9.17) is 16.3 Å². The molecule has 0 saturated heterocycles. The summed E-state index contributed by atoms with van der Waals surface area (Å²) in [5.74, 6) is 0.464. The number of nitrogens with zero attached hydrogens (tertiary/aromatic N) is 2. The van der Waals surface area contributed by atoms with Crippen LogP contribution in [0.5, 0.6) is 5.75 Å². The topological polar surface area (TPSA) is 73.2 Å². The highest BCUT2D eigenvalue weighted by Crippen LogP contribution is 2.29. The third kappa shape index (κ3) is 4.13. The minimum atomic E-state index is -0.444. The van der Waals surface area contributed by atoms with E-state index >= 15 is 0 Å². The van der Waals surface area contributed by atoms with Crippen molar-refractivity contribution in [1.82, 2.24) is 9.78 Å². The SMILES string of the molecule is COc1ccc(-c2c(NC(=O)c3ccccc3Cl)n(-c3ccccc3)nc(C)c2=O)cc1. The molecule has 4 aromatic rings. The Balaban J connectivity index is 1.95. The Morgan fingerprint density at radius 2 is 1.62 bits per heavy atom. The van der Waals surface area contributed by atoms with Crippen molar-refractivity contribution in [2.75, 3.05) is 12.4 Å². The second kappa shape index (κ2) is 9.08. The number of amides is 1. The van der Waals surface area contributed by atoms with Crippen LogP contribution >= 0.6 is 11.6 Å². The molecule has 3 aromatic carbocycles. The van der Waals surface area contributed by atoms with E-state index in [0.29, 0.717) is 38.8 Å². The number of para-hydroxylation sites is 1. The highest BCUT2D eigenvalue weighted by atomic mass is 35.5. The minimum Gasteiger partial charge on any atom is -0.497 e. The standard InChI is InChI=1S/C25H20ClN3O3/c1-16-23(30)22(17-12-14-19(32-2)15-13-17)24(29(28-16)18-8-4-3-5-9-18)27-25(31)20-10-6-7-11-21(20)26/h3-15H,1-2H3,(H,27,31). The lowest BCUT2D eigenvalue weighted by atomic mass is 10.0. The Bertz CT molecular complexity index is 1330. The number of ether oxygens (including phenoxy) is 1. The Labute approximate surface area is 190 Å². The van der Waals surface area contributed by atoms with Crippen LogP contribution in [-0.2, 0) is 0 Å². The molecule has 6 nitrogen and oxygen atoms in total. The van der Waals surface area contributed by atoms with E-state index in [1.54, 1.807) is 67.2 Å². The maximum Gasteiger partial charge on any atom is 0.258 e. The first-order valence-corrected chi connectivity index (χ1v) is 10.3. The number of aryl methyl sites for hydroxylation is 1. The first kappa shape index (κ1) is 21.3. The molecule has 1 N–H and O–H groups in total. The molecule has 0 spiro atoms. The lowest BCUT2D eigenvalue weighted by molar-refractivity contribution is 0.102. The molecule has 160 valence electrons. The number of carbonyl (C=O) groups is 1. The fraction of sp³-hybridized carbons (Fsp3) is 0.0800. The van der Waals surface area contributed by atoms with Gasteiger partial charge in [-0.2, -0.15) is 5.10 Å². The number of halogens is 1. The molecule has 0 unspecified atom stereocenters. The van der Waals surface area contributed by atoms with Crippen LogP contribution in [0.2, 0.25) is 5.02 Å². The molecule has 0 saturated carbocycles. The van der Waals surface area contributed by atoms with Gasteiger partial charge in [-0.1, -0.05) is 54.1 Å². The Kier molecular flexibility index (Phi) is 6.05. The Morgan fingerprint density at radius 1 is 0.969 bits per heavy atom. The molecule has 32 heavy (non-hydrogen) atoms. The molecular formula is C25H20ClN3O3. The third-order valence-corrected chi connectivity index (χ3v) is 5.31. The van der Waals surface area contributed by atoms with Gasteiger partial charge in [0.2, 0.25) is 5.43 Å². The molecule has 0 atom stereocenters. The molecule has 0 aliphatic rings. The molecule has 0 fully saturated rings. The summed E-state index contributed by atoms with van der Waals surface area (Å²) >= 11 is 6.23. The van der Waals surface area contributed by atoms with Crippen molar-refractivity contribution < 1.29 is 9.53 Å². The number of carbonyl (C=O) groups excluding carboxylic acids is 1. The van der Waals surface area contributed by atoms with Gasteiger partial charge in [0.05, 0.1) is 28.9 Å². The largest absolute Gasteiger partial charge is 0.497 e. The molecule has 0 aliphatic carbocycles. The van der Waals surface area contributed by atoms with Gasteiger partial charge >= 0.3 is 0 Å². The molecule has 0 radical (unpaired) electrons. The van der Waals surface area contributed by atoms with Gasteiger partial charge in [-0.05, 0) is 48.9 Å².